The lowest BCUT2D eigenvalue weighted by Gasteiger charge is -2.10. The van der Waals surface area contributed by atoms with E-state index < -0.39 is 22.0 Å². The fourth-order valence-electron chi connectivity index (χ4n) is 1.49. The molecule has 1 heterocycles. The van der Waals surface area contributed by atoms with Crippen LogP contribution in [0, 0.1) is 13.8 Å². The van der Waals surface area contributed by atoms with E-state index in [1.807, 2.05) is 0 Å². The van der Waals surface area contributed by atoms with E-state index in [0.29, 0.717) is 11.4 Å². The van der Waals surface area contributed by atoms with Gasteiger partial charge in [0.25, 0.3) is 0 Å². The van der Waals surface area contributed by atoms with Crippen molar-refractivity contribution in [1.82, 2.24) is 14.5 Å². The zero-order valence-corrected chi connectivity index (χ0v) is 10.9. The van der Waals surface area contributed by atoms with Gasteiger partial charge in [-0.05, 0) is 20.8 Å². The maximum Gasteiger partial charge on any atom is 0.321 e. The first-order chi connectivity index (χ1) is 7.66. The van der Waals surface area contributed by atoms with Gasteiger partial charge in [-0.25, -0.2) is 8.42 Å². The van der Waals surface area contributed by atoms with E-state index in [1.165, 1.54) is 11.6 Å². The summed E-state index contributed by atoms with van der Waals surface area (Å²) in [5, 5.41) is 12.7. The van der Waals surface area contributed by atoms with E-state index in [2.05, 4.69) is 9.82 Å². The molecule has 0 aliphatic rings. The summed E-state index contributed by atoms with van der Waals surface area (Å²) >= 11 is 0. The van der Waals surface area contributed by atoms with E-state index in [-0.39, 0.29) is 4.90 Å². The lowest BCUT2D eigenvalue weighted by molar-refractivity contribution is -0.138. The van der Waals surface area contributed by atoms with Crippen molar-refractivity contribution in [2.24, 2.45) is 7.05 Å². The molecule has 8 heteroatoms. The Balaban J connectivity index is 3.19. The van der Waals surface area contributed by atoms with Crippen LogP contribution in [-0.2, 0) is 21.9 Å². The first-order valence-corrected chi connectivity index (χ1v) is 6.40. The maximum absolute atomic E-state index is 12.0. The SMILES string of the molecule is Cc1nn(C)c(C)c1S(=O)(=O)N[C@H](C)C(=O)O. The Kier molecular flexibility index (Phi) is 3.58. The minimum atomic E-state index is -3.86. The summed E-state index contributed by atoms with van der Waals surface area (Å²) in [6.45, 7) is 4.44. The number of nitrogens with one attached hydrogen (secondary N) is 1. The minimum absolute atomic E-state index is 0.0353. The summed E-state index contributed by atoms with van der Waals surface area (Å²) < 4.78 is 27.5. The quantitative estimate of drug-likeness (QED) is 0.780. The van der Waals surface area contributed by atoms with E-state index in [9.17, 15) is 13.2 Å². The van der Waals surface area contributed by atoms with Crippen LogP contribution in [0.4, 0.5) is 0 Å². The molecule has 0 aromatic carbocycles. The molecule has 2 N–H and O–H groups in total. The lowest BCUT2D eigenvalue weighted by Crippen LogP contribution is -2.38. The van der Waals surface area contributed by atoms with Crippen LogP contribution in [0.25, 0.3) is 0 Å². The second kappa shape index (κ2) is 4.46. The number of hydrogen-bond donors (Lipinski definition) is 2. The molecular weight excluding hydrogens is 246 g/mol. The monoisotopic (exact) mass is 261 g/mol. The summed E-state index contributed by atoms with van der Waals surface area (Å²) in [4.78, 5) is 10.7. The molecule has 0 aliphatic heterocycles. The van der Waals surface area contributed by atoms with Gasteiger partial charge in [0.1, 0.15) is 10.9 Å². The number of sulfonamides is 1. The average molecular weight is 261 g/mol. The summed E-state index contributed by atoms with van der Waals surface area (Å²) in [6, 6.07) is -1.18. The molecule has 0 radical (unpaired) electrons. The van der Waals surface area contributed by atoms with Gasteiger partial charge in [0.2, 0.25) is 10.0 Å². The number of nitrogens with zero attached hydrogens (tertiary/aromatic N) is 2. The van der Waals surface area contributed by atoms with Gasteiger partial charge >= 0.3 is 5.97 Å². The standard InChI is InChI=1S/C9H15N3O4S/c1-5-8(7(3)12(4)10-5)17(15,16)11-6(2)9(13)14/h6,11H,1-4H3,(H,13,14)/t6-/m1/s1. The number of aliphatic carboxylic acids is 1. The summed E-state index contributed by atoms with van der Waals surface area (Å²) in [5.41, 5.74) is 0.808. The number of rotatable bonds is 4. The van der Waals surface area contributed by atoms with Crippen LogP contribution in [0.2, 0.25) is 0 Å². The van der Waals surface area contributed by atoms with Crippen LogP contribution in [-0.4, -0.2) is 35.3 Å². The Morgan fingerprint density at radius 2 is 2.00 bits per heavy atom. The molecule has 0 amide bonds. The molecule has 0 fully saturated rings. The molecule has 0 saturated heterocycles. The third kappa shape index (κ3) is 2.64. The van der Waals surface area contributed by atoms with Crippen molar-refractivity contribution in [2.45, 2.75) is 31.7 Å². The highest BCUT2D eigenvalue weighted by molar-refractivity contribution is 7.89. The van der Waals surface area contributed by atoms with Gasteiger partial charge in [0, 0.05) is 7.05 Å². The van der Waals surface area contributed by atoms with Crippen LogP contribution >= 0.6 is 0 Å². The fourth-order valence-corrected chi connectivity index (χ4v) is 3.12. The van der Waals surface area contributed by atoms with Gasteiger partial charge in [-0.15, -0.1) is 0 Å². The number of hydrogen-bond acceptors (Lipinski definition) is 4. The molecule has 7 nitrogen and oxygen atoms in total. The van der Waals surface area contributed by atoms with Gasteiger partial charge in [-0.3, -0.25) is 9.48 Å². The molecule has 1 aromatic heterocycles. The zero-order valence-electron chi connectivity index (χ0n) is 10.1. The Morgan fingerprint density at radius 3 is 2.35 bits per heavy atom. The maximum atomic E-state index is 12.0. The predicted octanol–water partition coefficient (Wildman–Crippen LogP) is -0.212. The molecular formula is C9H15N3O4S. The molecule has 17 heavy (non-hydrogen) atoms. The van der Waals surface area contributed by atoms with Crippen molar-refractivity contribution in [2.75, 3.05) is 0 Å². The Hall–Kier alpha value is -1.41. The highest BCUT2D eigenvalue weighted by Crippen LogP contribution is 2.18. The van der Waals surface area contributed by atoms with Crippen LogP contribution in [0.5, 0.6) is 0 Å². The molecule has 0 spiro atoms. The first-order valence-electron chi connectivity index (χ1n) is 4.92. The van der Waals surface area contributed by atoms with Gasteiger partial charge in [0.05, 0.1) is 11.4 Å². The molecule has 96 valence electrons. The molecule has 0 unspecified atom stereocenters. The third-order valence-electron chi connectivity index (χ3n) is 2.41. The second-order valence-electron chi connectivity index (χ2n) is 3.80. The van der Waals surface area contributed by atoms with E-state index in [4.69, 9.17) is 5.11 Å². The fraction of sp³-hybridized carbons (Fsp3) is 0.556. The Labute approximate surface area is 99.5 Å². The second-order valence-corrected chi connectivity index (χ2v) is 5.46. The number of carboxylic acid groups (broad SMARTS) is 1. The van der Waals surface area contributed by atoms with Gasteiger partial charge in [0.15, 0.2) is 0 Å². The van der Waals surface area contributed by atoms with Gasteiger partial charge in [-0.2, -0.15) is 9.82 Å². The van der Waals surface area contributed by atoms with Crippen molar-refractivity contribution < 1.29 is 18.3 Å². The Bertz CT molecular complexity index is 547. The molecule has 1 rings (SSSR count). The van der Waals surface area contributed by atoms with Crippen LogP contribution in [0.1, 0.15) is 18.3 Å². The number of aromatic nitrogens is 2. The molecule has 1 aromatic rings. The minimum Gasteiger partial charge on any atom is -0.480 e. The van der Waals surface area contributed by atoms with Crippen LogP contribution in [0.3, 0.4) is 0 Å². The van der Waals surface area contributed by atoms with Gasteiger partial charge < -0.3 is 5.11 Å². The molecule has 0 aliphatic carbocycles. The van der Waals surface area contributed by atoms with Crippen LogP contribution < -0.4 is 4.72 Å². The van der Waals surface area contributed by atoms with Crippen molar-refractivity contribution in [3.63, 3.8) is 0 Å². The van der Waals surface area contributed by atoms with Crippen molar-refractivity contribution in [1.29, 1.82) is 0 Å². The van der Waals surface area contributed by atoms with E-state index >= 15 is 0 Å². The predicted molar refractivity (Wildman–Crippen MR) is 60.1 cm³/mol. The highest BCUT2D eigenvalue weighted by Gasteiger charge is 2.27. The normalized spacial score (nSPS) is 13.6. The number of carbonyl (C=O) groups is 1. The number of aryl methyl sites for hydroxylation is 2. The Morgan fingerprint density at radius 1 is 1.47 bits per heavy atom. The third-order valence-corrected chi connectivity index (χ3v) is 4.21. The topological polar surface area (TPSA) is 101 Å². The molecule has 1 atom stereocenters. The summed E-state index contributed by atoms with van der Waals surface area (Å²) in [7, 11) is -2.23. The smallest absolute Gasteiger partial charge is 0.321 e. The van der Waals surface area contributed by atoms with Gasteiger partial charge in [-0.1, -0.05) is 0 Å². The zero-order chi connectivity index (χ0) is 13.4. The van der Waals surface area contributed by atoms with E-state index in [0.717, 1.165) is 0 Å². The largest absolute Gasteiger partial charge is 0.480 e. The van der Waals surface area contributed by atoms with Crippen molar-refractivity contribution in [3.8, 4) is 0 Å². The average Bonchev–Trinajstić information content (AvgIpc) is 2.40. The molecule has 0 bridgehead atoms. The molecule has 0 saturated carbocycles. The summed E-state index contributed by atoms with van der Waals surface area (Å²) in [5.74, 6) is -1.23. The number of carboxylic acids is 1. The van der Waals surface area contributed by atoms with Crippen LogP contribution in [0.15, 0.2) is 4.90 Å². The van der Waals surface area contributed by atoms with Crippen molar-refractivity contribution >= 4 is 16.0 Å². The lowest BCUT2D eigenvalue weighted by atomic mass is 10.4. The van der Waals surface area contributed by atoms with Crippen molar-refractivity contribution in [3.05, 3.63) is 11.4 Å². The first kappa shape index (κ1) is 13.7. The van der Waals surface area contributed by atoms with E-state index in [1.54, 1.807) is 20.9 Å². The highest BCUT2D eigenvalue weighted by atomic mass is 32.2. The summed E-state index contributed by atoms with van der Waals surface area (Å²) in [6.07, 6.45) is 0.